The summed E-state index contributed by atoms with van der Waals surface area (Å²) in [5.74, 6) is 0.347. The molecule has 116 valence electrons. The molecule has 0 spiro atoms. The number of alkyl halides is 3. The lowest BCUT2D eigenvalue weighted by molar-refractivity contribution is -0.137. The third-order valence-electron chi connectivity index (χ3n) is 3.91. The van der Waals surface area contributed by atoms with Crippen molar-refractivity contribution >= 4 is 11.7 Å². The van der Waals surface area contributed by atoms with E-state index < -0.39 is 11.7 Å². The molecule has 21 heavy (non-hydrogen) atoms. The molecule has 1 aromatic heterocycles. The molecule has 1 fully saturated rings. The van der Waals surface area contributed by atoms with Gasteiger partial charge in [-0.05, 0) is 25.0 Å². The Balaban J connectivity index is 2.04. The van der Waals surface area contributed by atoms with Gasteiger partial charge in [0.25, 0.3) is 0 Å². The van der Waals surface area contributed by atoms with Crippen LogP contribution in [0.1, 0.15) is 25.3 Å². The van der Waals surface area contributed by atoms with E-state index in [0.717, 1.165) is 25.0 Å². The zero-order chi connectivity index (χ0) is 15.6. The Morgan fingerprint density at radius 2 is 2.00 bits per heavy atom. The Morgan fingerprint density at radius 3 is 2.52 bits per heavy atom. The molecule has 0 bridgehead atoms. The molecule has 7 heteroatoms. The first kappa shape index (κ1) is 15.6. The molecule has 2 rings (SSSR count). The van der Waals surface area contributed by atoms with Gasteiger partial charge in [0.15, 0.2) is 0 Å². The van der Waals surface area contributed by atoms with Gasteiger partial charge in [-0.15, -0.1) is 0 Å². The summed E-state index contributed by atoms with van der Waals surface area (Å²) in [6.45, 7) is 2.70. The monoisotopic (exact) mass is 301 g/mol. The number of pyridine rings is 1. The van der Waals surface area contributed by atoms with Gasteiger partial charge in [0.2, 0.25) is 5.91 Å². The summed E-state index contributed by atoms with van der Waals surface area (Å²) in [7, 11) is 1.76. The SMILES string of the molecule is CC(=O)N(C)C1CCN(c2cc(C(F)(F)F)ccn2)CC1. The molecule has 0 saturated carbocycles. The average Bonchev–Trinajstić information content (AvgIpc) is 2.46. The fraction of sp³-hybridized carbons (Fsp3) is 0.571. The van der Waals surface area contributed by atoms with Crippen molar-refractivity contribution in [2.75, 3.05) is 25.0 Å². The minimum atomic E-state index is -4.36. The number of hydrogen-bond acceptors (Lipinski definition) is 3. The molecule has 1 aromatic rings. The molecule has 2 heterocycles. The van der Waals surface area contributed by atoms with E-state index in [9.17, 15) is 18.0 Å². The molecule has 1 amide bonds. The van der Waals surface area contributed by atoms with Crippen molar-refractivity contribution in [1.82, 2.24) is 9.88 Å². The van der Waals surface area contributed by atoms with E-state index in [2.05, 4.69) is 4.98 Å². The first-order valence-electron chi connectivity index (χ1n) is 6.80. The lowest BCUT2D eigenvalue weighted by Gasteiger charge is -2.37. The molecule has 0 atom stereocenters. The van der Waals surface area contributed by atoms with E-state index in [-0.39, 0.29) is 11.9 Å². The number of rotatable bonds is 2. The number of piperidine rings is 1. The quantitative estimate of drug-likeness (QED) is 0.842. The minimum Gasteiger partial charge on any atom is -0.356 e. The van der Waals surface area contributed by atoms with E-state index in [4.69, 9.17) is 0 Å². The molecule has 1 saturated heterocycles. The number of carbonyl (C=O) groups is 1. The number of hydrogen-bond donors (Lipinski definition) is 0. The fourth-order valence-corrected chi connectivity index (χ4v) is 2.51. The van der Waals surface area contributed by atoms with Crippen molar-refractivity contribution in [1.29, 1.82) is 0 Å². The number of nitrogens with zero attached hydrogens (tertiary/aromatic N) is 3. The van der Waals surface area contributed by atoms with Gasteiger partial charge in [-0.1, -0.05) is 0 Å². The van der Waals surface area contributed by atoms with Crippen molar-refractivity contribution in [2.24, 2.45) is 0 Å². The van der Waals surface area contributed by atoms with E-state index >= 15 is 0 Å². The Kier molecular flexibility index (Phi) is 4.39. The predicted octanol–water partition coefficient (Wildman–Crippen LogP) is 2.55. The summed E-state index contributed by atoms with van der Waals surface area (Å²) in [6.07, 6.45) is -1.71. The average molecular weight is 301 g/mol. The Bertz CT molecular complexity index is 510. The van der Waals surface area contributed by atoms with Gasteiger partial charge >= 0.3 is 6.18 Å². The second kappa shape index (κ2) is 5.91. The highest BCUT2D eigenvalue weighted by Gasteiger charge is 2.32. The molecular weight excluding hydrogens is 283 g/mol. The second-order valence-electron chi connectivity index (χ2n) is 5.25. The third kappa shape index (κ3) is 3.65. The second-order valence-corrected chi connectivity index (χ2v) is 5.25. The number of carbonyl (C=O) groups excluding carboxylic acids is 1. The molecular formula is C14H18F3N3O. The van der Waals surface area contributed by atoms with Crippen LogP contribution in [0.2, 0.25) is 0 Å². The first-order valence-corrected chi connectivity index (χ1v) is 6.80. The van der Waals surface area contributed by atoms with E-state index in [1.54, 1.807) is 11.9 Å². The smallest absolute Gasteiger partial charge is 0.356 e. The fourth-order valence-electron chi connectivity index (χ4n) is 2.51. The number of halogens is 3. The van der Waals surface area contributed by atoms with Crippen molar-refractivity contribution in [3.05, 3.63) is 23.9 Å². The first-order chi connectivity index (χ1) is 9.79. The maximum absolute atomic E-state index is 12.7. The van der Waals surface area contributed by atoms with Crippen molar-refractivity contribution < 1.29 is 18.0 Å². The van der Waals surface area contributed by atoms with Crippen LogP contribution >= 0.6 is 0 Å². The highest BCUT2D eigenvalue weighted by Crippen LogP contribution is 2.31. The van der Waals surface area contributed by atoms with E-state index in [1.165, 1.54) is 13.1 Å². The number of aromatic nitrogens is 1. The lowest BCUT2D eigenvalue weighted by atomic mass is 10.0. The maximum Gasteiger partial charge on any atom is 0.416 e. The summed E-state index contributed by atoms with van der Waals surface area (Å²) in [5, 5.41) is 0. The van der Waals surface area contributed by atoms with Gasteiger partial charge in [-0.3, -0.25) is 4.79 Å². The summed E-state index contributed by atoms with van der Waals surface area (Å²) >= 11 is 0. The van der Waals surface area contributed by atoms with Gasteiger partial charge in [-0.25, -0.2) is 4.98 Å². The van der Waals surface area contributed by atoms with Crippen molar-refractivity contribution in [3.8, 4) is 0 Å². The predicted molar refractivity (Wildman–Crippen MR) is 72.9 cm³/mol. The van der Waals surface area contributed by atoms with Crippen LogP contribution in [0.3, 0.4) is 0 Å². The van der Waals surface area contributed by atoms with Gasteiger partial charge < -0.3 is 9.80 Å². The summed E-state index contributed by atoms with van der Waals surface area (Å²) in [5.41, 5.74) is -0.685. The molecule has 1 aliphatic heterocycles. The maximum atomic E-state index is 12.7. The highest BCUT2D eigenvalue weighted by atomic mass is 19.4. The van der Waals surface area contributed by atoms with Crippen LogP contribution in [0.25, 0.3) is 0 Å². The molecule has 0 aliphatic carbocycles. The highest BCUT2D eigenvalue weighted by molar-refractivity contribution is 5.73. The van der Waals surface area contributed by atoms with Crippen LogP contribution < -0.4 is 4.90 Å². The largest absolute Gasteiger partial charge is 0.416 e. The van der Waals surface area contributed by atoms with Gasteiger partial charge in [0.05, 0.1) is 5.56 Å². The van der Waals surface area contributed by atoms with Crippen LogP contribution in [0.15, 0.2) is 18.3 Å². The zero-order valence-electron chi connectivity index (χ0n) is 12.0. The number of anilines is 1. The summed E-state index contributed by atoms with van der Waals surface area (Å²) < 4.78 is 38.1. The van der Waals surface area contributed by atoms with Crippen molar-refractivity contribution in [2.45, 2.75) is 32.0 Å². The number of amides is 1. The molecule has 4 nitrogen and oxygen atoms in total. The topological polar surface area (TPSA) is 36.4 Å². The standard InChI is InChI=1S/C14H18F3N3O/c1-10(21)19(2)12-4-7-20(8-5-12)13-9-11(3-6-18-13)14(15,16)17/h3,6,9,12H,4-5,7-8H2,1-2H3. The van der Waals surface area contributed by atoms with E-state index in [0.29, 0.717) is 18.9 Å². The van der Waals surface area contributed by atoms with Crippen LogP contribution in [-0.2, 0) is 11.0 Å². The third-order valence-corrected chi connectivity index (χ3v) is 3.91. The molecule has 0 aromatic carbocycles. The lowest BCUT2D eigenvalue weighted by Crippen LogP contribution is -2.45. The minimum absolute atomic E-state index is 0.00523. The summed E-state index contributed by atoms with van der Waals surface area (Å²) in [6, 6.07) is 2.19. The van der Waals surface area contributed by atoms with Gasteiger partial charge in [0.1, 0.15) is 5.82 Å². The van der Waals surface area contributed by atoms with Crippen molar-refractivity contribution in [3.63, 3.8) is 0 Å². The van der Waals surface area contributed by atoms with Crippen LogP contribution in [0.5, 0.6) is 0 Å². The molecule has 0 unspecified atom stereocenters. The normalized spacial score (nSPS) is 16.9. The zero-order valence-corrected chi connectivity index (χ0v) is 12.0. The van der Waals surface area contributed by atoms with Gasteiger partial charge in [-0.2, -0.15) is 13.2 Å². The molecule has 1 aliphatic rings. The van der Waals surface area contributed by atoms with Gasteiger partial charge in [0, 0.05) is 39.3 Å². The summed E-state index contributed by atoms with van der Waals surface area (Å²) in [4.78, 5) is 18.9. The molecule has 0 radical (unpaired) electrons. The molecule has 0 N–H and O–H groups in total. The van der Waals surface area contributed by atoms with Crippen LogP contribution in [0, 0.1) is 0 Å². The van der Waals surface area contributed by atoms with Crippen LogP contribution in [0.4, 0.5) is 19.0 Å². The Hall–Kier alpha value is -1.79. The van der Waals surface area contributed by atoms with Crippen LogP contribution in [-0.4, -0.2) is 42.0 Å². The van der Waals surface area contributed by atoms with E-state index in [1.807, 2.05) is 4.90 Å². The Labute approximate surface area is 121 Å². The Morgan fingerprint density at radius 1 is 1.38 bits per heavy atom.